The van der Waals surface area contributed by atoms with Crippen molar-refractivity contribution in [1.29, 1.82) is 0 Å². The van der Waals surface area contributed by atoms with E-state index in [2.05, 4.69) is 5.32 Å². The Hall–Kier alpha value is -1.62. The standard InChI is InChI=1S/C12H14FNO3/c13-11-2-1-9(7-10(11)12(15)16)14-8-3-5-17-6-4-8/h1-2,7-8,14H,3-6H2,(H,15,16). The van der Waals surface area contributed by atoms with Gasteiger partial charge < -0.3 is 15.2 Å². The van der Waals surface area contributed by atoms with Gasteiger partial charge in [-0.05, 0) is 31.0 Å². The average Bonchev–Trinajstić information content (AvgIpc) is 2.32. The van der Waals surface area contributed by atoms with Gasteiger partial charge in [0.05, 0.1) is 5.56 Å². The van der Waals surface area contributed by atoms with E-state index < -0.39 is 11.8 Å². The predicted molar refractivity (Wildman–Crippen MR) is 60.8 cm³/mol. The van der Waals surface area contributed by atoms with Crippen molar-refractivity contribution in [2.45, 2.75) is 18.9 Å². The molecule has 0 spiro atoms. The maximum atomic E-state index is 13.2. The second-order valence-electron chi connectivity index (χ2n) is 4.03. The van der Waals surface area contributed by atoms with Gasteiger partial charge in [-0.3, -0.25) is 0 Å². The Kier molecular flexibility index (Phi) is 3.58. The first-order valence-electron chi connectivity index (χ1n) is 5.54. The van der Waals surface area contributed by atoms with Crippen LogP contribution in [0, 0.1) is 5.82 Å². The van der Waals surface area contributed by atoms with Crippen molar-refractivity contribution in [3.63, 3.8) is 0 Å². The number of rotatable bonds is 3. The van der Waals surface area contributed by atoms with E-state index in [1.165, 1.54) is 12.1 Å². The number of carboxylic acid groups (broad SMARTS) is 1. The van der Waals surface area contributed by atoms with E-state index in [1.807, 2.05) is 0 Å². The van der Waals surface area contributed by atoms with Gasteiger partial charge in [0.1, 0.15) is 5.82 Å². The maximum absolute atomic E-state index is 13.2. The molecular formula is C12H14FNO3. The number of carboxylic acids is 1. The van der Waals surface area contributed by atoms with Crippen molar-refractivity contribution in [2.24, 2.45) is 0 Å². The summed E-state index contributed by atoms with van der Waals surface area (Å²) in [6, 6.07) is 4.31. The summed E-state index contributed by atoms with van der Waals surface area (Å²) in [7, 11) is 0. The Labute approximate surface area is 98.4 Å². The van der Waals surface area contributed by atoms with E-state index in [4.69, 9.17) is 9.84 Å². The first-order valence-corrected chi connectivity index (χ1v) is 5.54. The van der Waals surface area contributed by atoms with Crippen molar-refractivity contribution in [2.75, 3.05) is 18.5 Å². The molecule has 0 aliphatic carbocycles. The molecule has 17 heavy (non-hydrogen) atoms. The van der Waals surface area contributed by atoms with Crippen LogP contribution in [0.5, 0.6) is 0 Å². The summed E-state index contributed by atoms with van der Waals surface area (Å²) < 4.78 is 18.4. The molecule has 5 heteroatoms. The Bertz CT molecular complexity index is 416. The second kappa shape index (κ2) is 5.14. The molecule has 1 heterocycles. The second-order valence-corrected chi connectivity index (χ2v) is 4.03. The Morgan fingerprint density at radius 3 is 2.76 bits per heavy atom. The van der Waals surface area contributed by atoms with Crippen molar-refractivity contribution >= 4 is 11.7 Å². The van der Waals surface area contributed by atoms with E-state index in [0.717, 1.165) is 12.8 Å². The Morgan fingerprint density at radius 1 is 1.41 bits per heavy atom. The van der Waals surface area contributed by atoms with Crippen molar-refractivity contribution < 1.29 is 19.0 Å². The molecule has 2 N–H and O–H groups in total. The summed E-state index contributed by atoms with van der Waals surface area (Å²) in [5.74, 6) is -1.96. The number of aromatic carboxylic acids is 1. The number of benzene rings is 1. The number of anilines is 1. The van der Waals surface area contributed by atoms with Gasteiger partial charge >= 0.3 is 5.97 Å². The molecule has 0 atom stereocenters. The van der Waals surface area contributed by atoms with Crippen molar-refractivity contribution in [3.05, 3.63) is 29.6 Å². The molecule has 1 aromatic rings. The quantitative estimate of drug-likeness (QED) is 0.848. The minimum Gasteiger partial charge on any atom is -0.478 e. The molecule has 1 aliphatic heterocycles. The van der Waals surface area contributed by atoms with Gasteiger partial charge in [0.25, 0.3) is 0 Å². The summed E-state index contributed by atoms with van der Waals surface area (Å²) in [6.07, 6.45) is 1.75. The van der Waals surface area contributed by atoms with E-state index in [-0.39, 0.29) is 11.6 Å². The van der Waals surface area contributed by atoms with Crippen LogP contribution < -0.4 is 5.32 Å². The minimum absolute atomic E-state index is 0.260. The highest BCUT2D eigenvalue weighted by Crippen LogP contribution is 2.18. The van der Waals surface area contributed by atoms with Crippen molar-refractivity contribution in [1.82, 2.24) is 0 Å². The molecule has 0 amide bonds. The molecule has 1 fully saturated rings. The van der Waals surface area contributed by atoms with Crippen molar-refractivity contribution in [3.8, 4) is 0 Å². The number of nitrogens with one attached hydrogen (secondary N) is 1. The fourth-order valence-electron chi connectivity index (χ4n) is 1.86. The van der Waals surface area contributed by atoms with Gasteiger partial charge in [-0.2, -0.15) is 0 Å². The number of ether oxygens (including phenoxy) is 1. The first kappa shape index (κ1) is 11.9. The van der Waals surface area contributed by atoms with E-state index in [1.54, 1.807) is 6.07 Å². The zero-order valence-corrected chi connectivity index (χ0v) is 9.28. The summed E-state index contributed by atoms with van der Waals surface area (Å²) in [6.45, 7) is 1.40. The summed E-state index contributed by atoms with van der Waals surface area (Å²) >= 11 is 0. The fourth-order valence-corrected chi connectivity index (χ4v) is 1.86. The topological polar surface area (TPSA) is 58.6 Å². The van der Waals surface area contributed by atoms with Gasteiger partial charge in [-0.1, -0.05) is 0 Å². The van der Waals surface area contributed by atoms with Crippen LogP contribution in [0.2, 0.25) is 0 Å². The third-order valence-corrected chi connectivity index (χ3v) is 2.79. The van der Waals surface area contributed by atoms with Crippen LogP contribution in [0.15, 0.2) is 18.2 Å². The van der Waals surface area contributed by atoms with E-state index >= 15 is 0 Å². The largest absolute Gasteiger partial charge is 0.478 e. The summed E-state index contributed by atoms with van der Waals surface area (Å²) in [5.41, 5.74) is 0.331. The van der Waals surface area contributed by atoms with Crippen LogP contribution in [-0.2, 0) is 4.74 Å². The average molecular weight is 239 g/mol. The minimum atomic E-state index is -1.25. The monoisotopic (exact) mass is 239 g/mol. The summed E-state index contributed by atoms with van der Waals surface area (Å²) in [4.78, 5) is 10.8. The first-order chi connectivity index (χ1) is 8.16. The molecular weight excluding hydrogens is 225 g/mol. The number of carbonyl (C=O) groups is 1. The van der Waals surface area contributed by atoms with Crippen LogP contribution in [0.25, 0.3) is 0 Å². The molecule has 0 saturated carbocycles. The van der Waals surface area contributed by atoms with Gasteiger partial charge in [-0.15, -0.1) is 0 Å². The molecule has 0 radical (unpaired) electrons. The van der Waals surface area contributed by atoms with Crippen LogP contribution in [-0.4, -0.2) is 30.3 Å². The lowest BCUT2D eigenvalue weighted by Gasteiger charge is -2.24. The van der Waals surface area contributed by atoms with Gasteiger partial charge in [0.15, 0.2) is 0 Å². The fraction of sp³-hybridized carbons (Fsp3) is 0.417. The maximum Gasteiger partial charge on any atom is 0.338 e. The lowest BCUT2D eigenvalue weighted by molar-refractivity contribution is 0.0691. The molecule has 0 bridgehead atoms. The van der Waals surface area contributed by atoms with Crippen LogP contribution in [0.3, 0.4) is 0 Å². The highest BCUT2D eigenvalue weighted by molar-refractivity contribution is 5.89. The lowest BCUT2D eigenvalue weighted by Crippen LogP contribution is -2.27. The smallest absolute Gasteiger partial charge is 0.338 e. The summed E-state index contributed by atoms with van der Waals surface area (Å²) in [5, 5.41) is 12.0. The van der Waals surface area contributed by atoms with Gasteiger partial charge in [0.2, 0.25) is 0 Å². The lowest BCUT2D eigenvalue weighted by atomic mass is 10.1. The molecule has 1 aliphatic rings. The molecule has 1 aromatic carbocycles. The van der Waals surface area contributed by atoms with Gasteiger partial charge in [-0.25, -0.2) is 9.18 Å². The van der Waals surface area contributed by atoms with E-state index in [0.29, 0.717) is 18.9 Å². The normalized spacial score (nSPS) is 16.8. The highest BCUT2D eigenvalue weighted by Gasteiger charge is 2.15. The molecule has 0 unspecified atom stereocenters. The molecule has 1 saturated heterocycles. The number of halogens is 1. The number of hydrogen-bond acceptors (Lipinski definition) is 3. The third kappa shape index (κ3) is 2.94. The van der Waals surface area contributed by atoms with Crippen LogP contribution in [0.1, 0.15) is 23.2 Å². The highest BCUT2D eigenvalue weighted by atomic mass is 19.1. The predicted octanol–water partition coefficient (Wildman–Crippen LogP) is 2.11. The number of hydrogen-bond donors (Lipinski definition) is 2. The van der Waals surface area contributed by atoms with Crippen LogP contribution >= 0.6 is 0 Å². The molecule has 0 aromatic heterocycles. The zero-order chi connectivity index (χ0) is 12.3. The molecule has 4 nitrogen and oxygen atoms in total. The third-order valence-electron chi connectivity index (χ3n) is 2.79. The molecule has 2 rings (SSSR count). The van der Waals surface area contributed by atoms with Gasteiger partial charge in [0, 0.05) is 24.9 Å². The zero-order valence-electron chi connectivity index (χ0n) is 9.28. The Morgan fingerprint density at radius 2 is 2.12 bits per heavy atom. The molecule has 92 valence electrons. The SMILES string of the molecule is O=C(O)c1cc(NC2CCOCC2)ccc1F. The van der Waals surface area contributed by atoms with E-state index in [9.17, 15) is 9.18 Å². The Balaban J connectivity index is 2.10. The van der Waals surface area contributed by atoms with Crippen LogP contribution in [0.4, 0.5) is 10.1 Å².